The van der Waals surface area contributed by atoms with Crippen LogP contribution in [0, 0.1) is 5.92 Å². The Bertz CT molecular complexity index is 330. The molecule has 2 rings (SSSR count). The predicted molar refractivity (Wildman–Crippen MR) is 71.1 cm³/mol. The molecule has 0 bridgehead atoms. The molecule has 1 aromatic rings. The van der Waals surface area contributed by atoms with Crippen molar-refractivity contribution in [2.24, 2.45) is 5.92 Å². The summed E-state index contributed by atoms with van der Waals surface area (Å²) in [6.45, 7) is 4.47. The third kappa shape index (κ3) is 2.89. The van der Waals surface area contributed by atoms with Gasteiger partial charge in [-0.15, -0.1) is 0 Å². The van der Waals surface area contributed by atoms with E-state index >= 15 is 0 Å². The first kappa shape index (κ1) is 12.6. The largest absolute Gasteiger partial charge is 0.335 e. The van der Waals surface area contributed by atoms with Crippen LogP contribution in [0.2, 0.25) is 0 Å². The number of nitrogens with zero attached hydrogens (tertiary/aromatic N) is 2. The van der Waals surface area contributed by atoms with Crippen molar-refractivity contribution in [3.63, 3.8) is 0 Å². The van der Waals surface area contributed by atoms with E-state index in [-0.39, 0.29) is 0 Å². The van der Waals surface area contributed by atoms with Gasteiger partial charge in [0.2, 0.25) is 0 Å². The van der Waals surface area contributed by atoms with Gasteiger partial charge in [-0.05, 0) is 38.8 Å². The van der Waals surface area contributed by atoms with Crippen molar-refractivity contribution in [2.75, 3.05) is 13.6 Å². The van der Waals surface area contributed by atoms with Gasteiger partial charge >= 0.3 is 0 Å². The Hall–Kier alpha value is -0.830. The lowest BCUT2D eigenvalue weighted by Crippen LogP contribution is -2.29. The van der Waals surface area contributed by atoms with Crippen LogP contribution in [-0.4, -0.2) is 23.1 Å². The average molecular weight is 235 g/mol. The molecule has 0 spiro atoms. The maximum absolute atomic E-state index is 4.63. The first-order valence-corrected chi connectivity index (χ1v) is 7.02. The highest BCUT2D eigenvalue weighted by Crippen LogP contribution is 2.36. The third-order valence-corrected chi connectivity index (χ3v) is 3.92. The summed E-state index contributed by atoms with van der Waals surface area (Å²) >= 11 is 0. The molecule has 0 aliphatic heterocycles. The molecular weight excluding hydrogens is 210 g/mol. The summed E-state index contributed by atoms with van der Waals surface area (Å²) in [6, 6.07) is 0. The average Bonchev–Trinajstić information content (AvgIpc) is 2.79. The molecule has 0 amide bonds. The van der Waals surface area contributed by atoms with E-state index in [2.05, 4.69) is 35.0 Å². The first-order chi connectivity index (χ1) is 8.36. The minimum Gasteiger partial charge on any atom is -0.335 e. The lowest BCUT2D eigenvalue weighted by Gasteiger charge is -2.31. The second-order valence-electron chi connectivity index (χ2n) is 5.19. The molecule has 1 heterocycles. The fourth-order valence-electron chi connectivity index (χ4n) is 3.13. The van der Waals surface area contributed by atoms with E-state index in [4.69, 9.17) is 0 Å². The first-order valence-electron chi connectivity index (χ1n) is 7.02. The molecule has 3 heteroatoms. The Labute approximate surface area is 105 Å². The summed E-state index contributed by atoms with van der Waals surface area (Å²) in [5, 5.41) is 3.34. The van der Waals surface area contributed by atoms with Crippen molar-refractivity contribution in [1.82, 2.24) is 14.9 Å². The van der Waals surface area contributed by atoms with Gasteiger partial charge < -0.3 is 9.88 Å². The summed E-state index contributed by atoms with van der Waals surface area (Å²) in [7, 11) is 2.06. The van der Waals surface area contributed by atoms with Gasteiger partial charge in [0.15, 0.2) is 0 Å². The normalized spacial score (nSPS) is 25.1. The third-order valence-electron chi connectivity index (χ3n) is 3.92. The molecule has 1 aliphatic rings. The molecule has 1 aliphatic carbocycles. The van der Waals surface area contributed by atoms with Crippen molar-refractivity contribution in [2.45, 2.75) is 51.5 Å². The van der Waals surface area contributed by atoms with Crippen molar-refractivity contribution in [3.05, 3.63) is 18.2 Å². The van der Waals surface area contributed by atoms with E-state index in [0.717, 1.165) is 19.0 Å². The second kappa shape index (κ2) is 6.20. The molecule has 3 nitrogen and oxygen atoms in total. The van der Waals surface area contributed by atoms with Gasteiger partial charge in [0.1, 0.15) is 5.82 Å². The van der Waals surface area contributed by atoms with Crippen LogP contribution in [0.15, 0.2) is 12.4 Å². The monoisotopic (exact) mass is 235 g/mol. The Morgan fingerprint density at radius 2 is 2.24 bits per heavy atom. The summed E-state index contributed by atoms with van der Waals surface area (Å²) in [5.74, 6) is 2.76. The highest BCUT2D eigenvalue weighted by Gasteiger charge is 2.28. The lowest BCUT2D eigenvalue weighted by atomic mass is 9.78. The molecule has 1 N–H and O–H groups in total. The standard InChI is InChI=1S/C14H25N3/c1-3-9-17-10-8-16-14(17)13-7-5-4-6-12(13)11-15-2/h8,10,12-13,15H,3-7,9,11H2,1-2H3. The number of rotatable bonds is 5. The fourth-order valence-corrected chi connectivity index (χ4v) is 3.13. The fraction of sp³-hybridized carbons (Fsp3) is 0.786. The van der Waals surface area contributed by atoms with E-state index in [1.54, 1.807) is 0 Å². The topological polar surface area (TPSA) is 29.9 Å². The molecule has 0 saturated heterocycles. The highest BCUT2D eigenvalue weighted by molar-refractivity contribution is 5.04. The SMILES string of the molecule is CCCn1ccnc1C1CCCCC1CNC. The van der Waals surface area contributed by atoms with Crippen LogP contribution in [0.3, 0.4) is 0 Å². The van der Waals surface area contributed by atoms with Crippen LogP contribution in [0.4, 0.5) is 0 Å². The zero-order valence-electron chi connectivity index (χ0n) is 11.2. The van der Waals surface area contributed by atoms with Crippen LogP contribution in [0.25, 0.3) is 0 Å². The number of aryl methyl sites for hydroxylation is 1. The van der Waals surface area contributed by atoms with Crippen LogP contribution in [0.1, 0.15) is 50.8 Å². The zero-order chi connectivity index (χ0) is 12.1. The van der Waals surface area contributed by atoms with Gasteiger partial charge in [-0.3, -0.25) is 0 Å². The molecule has 0 radical (unpaired) electrons. The van der Waals surface area contributed by atoms with Gasteiger partial charge in [0.25, 0.3) is 0 Å². The van der Waals surface area contributed by atoms with E-state index in [1.807, 2.05) is 6.20 Å². The maximum atomic E-state index is 4.63. The van der Waals surface area contributed by atoms with Crippen LogP contribution in [0.5, 0.6) is 0 Å². The number of hydrogen-bond donors (Lipinski definition) is 1. The zero-order valence-corrected chi connectivity index (χ0v) is 11.2. The Morgan fingerprint density at radius 3 is 3.00 bits per heavy atom. The smallest absolute Gasteiger partial charge is 0.112 e. The Balaban J connectivity index is 2.14. The molecule has 1 aromatic heterocycles. The summed E-state index contributed by atoms with van der Waals surface area (Å²) in [6.07, 6.45) is 10.7. The predicted octanol–water partition coefficient (Wildman–Crippen LogP) is 2.79. The Morgan fingerprint density at radius 1 is 1.41 bits per heavy atom. The van der Waals surface area contributed by atoms with Crippen LogP contribution in [-0.2, 0) is 6.54 Å². The van der Waals surface area contributed by atoms with Gasteiger partial charge in [-0.25, -0.2) is 4.98 Å². The van der Waals surface area contributed by atoms with E-state index in [0.29, 0.717) is 5.92 Å². The molecule has 1 fully saturated rings. The van der Waals surface area contributed by atoms with Crippen LogP contribution >= 0.6 is 0 Å². The van der Waals surface area contributed by atoms with E-state index < -0.39 is 0 Å². The summed E-state index contributed by atoms with van der Waals surface area (Å²) in [4.78, 5) is 4.63. The molecule has 1 saturated carbocycles. The van der Waals surface area contributed by atoms with Crippen LogP contribution < -0.4 is 5.32 Å². The second-order valence-corrected chi connectivity index (χ2v) is 5.19. The quantitative estimate of drug-likeness (QED) is 0.850. The van der Waals surface area contributed by atoms with Gasteiger partial charge in [-0.2, -0.15) is 0 Å². The van der Waals surface area contributed by atoms with Gasteiger partial charge in [-0.1, -0.05) is 19.8 Å². The molecule has 2 atom stereocenters. The number of nitrogens with one attached hydrogen (secondary N) is 1. The lowest BCUT2D eigenvalue weighted by molar-refractivity contribution is 0.285. The minimum atomic E-state index is 0.665. The Kier molecular flexibility index (Phi) is 4.60. The van der Waals surface area contributed by atoms with E-state index in [9.17, 15) is 0 Å². The molecule has 0 aromatic carbocycles. The van der Waals surface area contributed by atoms with Crippen molar-refractivity contribution >= 4 is 0 Å². The highest BCUT2D eigenvalue weighted by atomic mass is 15.1. The molecule has 17 heavy (non-hydrogen) atoms. The van der Waals surface area contributed by atoms with Gasteiger partial charge in [0.05, 0.1) is 0 Å². The summed E-state index contributed by atoms with van der Waals surface area (Å²) in [5.41, 5.74) is 0. The summed E-state index contributed by atoms with van der Waals surface area (Å²) < 4.78 is 2.36. The maximum Gasteiger partial charge on any atom is 0.112 e. The van der Waals surface area contributed by atoms with E-state index in [1.165, 1.54) is 37.9 Å². The number of aromatic nitrogens is 2. The van der Waals surface area contributed by atoms with Crippen molar-refractivity contribution < 1.29 is 0 Å². The molecular formula is C14H25N3. The molecule has 2 unspecified atom stereocenters. The number of imidazole rings is 1. The van der Waals surface area contributed by atoms with Gasteiger partial charge in [0, 0.05) is 24.9 Å². The van der Waals surface area contributed by atoms with Crippen molar-refractivity contribution in [1.29, 1.82) is 0 Å². The molecule has 96 valence electrons. The number of hydrogen-bond acceptors (Lipinski definition) is 2. The van der Waals surface area contributed by atoms with Crippen molar-refractivity contribution in [3.8, 4) is 0 Å². The minimum absolute atomic E-state index is 0.665.